The molecule has 1 aromatic rings. The van der Waals surface area contributed by atoms with Gasteiger partial charge in [-0.25, -0.2) is 4.98 Å². The van der Waals surface area contributed by atoms with Crippen molar-refractivity contribution < 1.29 is 18.0 Å². The number of nitrogens with zero attached hydrogens (tertiary/aromatic N) is 3. The van der Waals surface area contributed by atoms with Crippen molar-refractivity contribution in [3.63, 3.8) is 0 Å². The summed E-state index contributed by atoms with van der Waals surface area (Å²) in [7, 11) is 1.75. The van der Waals surface area contributed by atoms with Crippen LogP contribution in [-0.4, -0.2) is 45.2 Å². The van der Waals surface area contributed by atoms with E-state index in [0.717, 1.165) is 0 Å². The lowest BCUT2D eigenvalue weighted by molar-refractivity contribution is -0.194. The van der Waals surface area contributed by atoms with E-state index in [-0.39, 0.29) is 31.5 Å². The first kappa shape index (κ1) is 15.8. The van der Waals surface area contributed by atoms with Crippen molar-refractivity contribution in [3.8, 4) is 0 Å². The quantitative estimate of drug-likeness (QED) is 0.919. The van der Waals surface area contributed by atoms with Gasteiger partial charge in [0.25, 0.3) is 0 Å². The summed E-state index contributed by atoms with van der Waals surface area (Å²) in [6.45, 7) is 1.73. The summed E-state index contributed by atoms with van der Waals surface area (Å²) < 4.78 is 41.2. The molecular weight excluding hydrogens is 285 g/mol. The van der Waals surface area contributed by atoms with Crippen LogP contribution in [0.25, 0.3) is 0 Å². The Morgan fingerprint density at radius 3 is 2.71 bits per heavy atom. The summed E-state index contributed by atoms with van der Waals surface area (Å²) >= 11 is 0. The van der Waals surface area contributed by atoms with Crippen molar-refractivity contribution in [3.05, 3.63) is 18.2 Å². The molecule has 8 heteroatoms. The van der Waals surface area contributed by atoms with Gasteiger partial charge in [0, 0.05) is 39.3 Å². The number of piperidine rings is 1. The maximum atomic E-state index is 13.2. The molecule has 1 saturated heterocycles. The molecule has 1 N–H and O–H groups in total. The first-order valence-corrected chi connectivity index (χ1v) is 6.80. The van der Waals surface area contributed by atoms with Crippen LogP contribution in [0.4, 0.5) is 13.2 Å². The van der Waals surface area contributed by atoms with Crippen molar-refractivity contribution in [2.75, 3.05) is 6.54 Å². The Labute approximate surface area is 121 Å². The summed E-state index contributed by atoms with van der Waals surface area (Å²) in [5.41, 5.74) is 0.715. The molecule has 1 fully saturated rings. The standard InChI is InChI=1S/C13H19F3N4O/c1-9(21)18-10-3-4-12(13(14,15)16)20(6-10)7-11-5-17-8-19(11)2/h5,8,10,12H,3-4,6-7H2,1-2H3,(H,18,21). The molecule has 2 heterocycles. The number of rotatable bonds is 3. The van der Waals surface area contributed by atoms with Crippen LogP contribution in [0.15, 0.2) is 12.5 Å². The van der Waals surface area contributed by atoms with Crippen LogP contribution in [-0.2, 0) is 18.4 Å². The zero-order valence-corrected chi connectivity index (χ0v) is 12.0. The zero-order chi connectivity index (χ0) is 15.6. The highest BCUT2D eigenvalue weighted by molar-refractivity contribution is 5.73. The van der Waals surface area contributed by atoms with Gasteiger partial charge in [-0.2, -0.15) is 13.2 Å². The molecule has 21 heavy (non-hydrogen) atoms. The Bertz CT molecular complexity index is 500. The Balaban J connectivity index is 2.13. The van der Waals surface area contributed by atoms with Crippen LogP contribution in [0, 0.1) is 0 Å². The summed E-state index contributed by atoms with van der Waals surface area (Å²) in [6, 6.07) is -1.72. The minimum atomic E-state index is -4.26. The number of aryl methyl sites for hydroxylation is 1. The lowest BCUT2D eigenvalue weighted by atomic mass is 9.97. The maximum Gasteiger partial charge on any atom is 0.404 e. The van der Waals surface area contributed by atoms with Crippen LogP contribution in [0.2, 0.25) is 0 Å². The highest BCUT2D eigenvalue weighted by atomic mass is 19.4. The Kier molecular flexibility index (Phi) is 4.55. The molecule has 118 valence electrons. The van der Waals surface area contributed by atoms with Crippen molar-refractivity contribution in [1.82, 2.24) is 19.8 Å². The van der Waals surface area contributed by atoms with Crippen molar-refractivity contribution in [1.29, 1.82) is 0 Å². The van der Waals surface area contributed by atoms with Crippen molar-refractivity contribution in [2.24, 2.45) is 7.05 Å². The van der Waals surface area contributed by atoms with E-state index >= 15 is 0 Å². The topological polar surface area (TPSA) is 50.2 Å². The second-order valence-corrected chi connectivity index (χ2v) is 5.46. The van der Waals surface area contributed by atoms with Crippen LogP contribution in [0.5, 0.6) is 0 Å². The Morgan fingerprint density at radius 2 is 2.19 bits per heavy atom. The second kappa shape index (κ2) is 6.05. The fourth-order valence-electron chi connectivity index (χ4n) is 2.74. The van der Waals surface area contributed by atoms with E-state index in [1.807, 2.05) is 0 Å². The molecule has 1 amide bonds. The van der Waals surface area contributed by atoms with Gasteiger partial charge in [-0.15, -0.1) is 0 Å². The van der Waals surface area contributed by atoms with Crippen LogP contribution in [0.3, 0.4) is 0 Å². The van der Waals surface area contributed by atoms with E-state index < -0.39 is 12.2 Å². The first-order valence-electron chi connectivity index (χ1n) is 6.80. The summed E-state index contributed by atoms with van der Waals surface area (Å²) in [5, 5.41) is 2.71. The van der Waals surface area contributed by atoms with Crippen LogP contribution >= 0.6 is 0 Å². The lowest BCUT2D eigenvalue weighted by Gasteiger charge is -2.40. The minimum absolute atomic E-state index is 0.00764. The number of likely N-dealkylation sites (tertiary alicyclic amines) is 1. The fourth-order valence-corrected chi connectivity index (χ4v) is 2.74. The SMILES string of the molecule is CC(=O)NC1CCC(C(F)(F)F)N(Cc2cncn2C)C1. The van der Waals surface area contributed by atoms with E-state index in [2.05, 4.69) is 10.3 Å². The normalized spacial score (nSPS) is 24.0. The van der Waals surface area contributed by atoms with Crippen LogP contribution < -0.4 is 5.32 Å². The molecule has 0 bridgehead atoms. The fraction of sp³-hybridized carbons (Fsp3) is 0.692. The minimum Gasteiger partial charge on any atom is -0.352 e. The Morgan fingerprint density at radius 1 is 1.48 bits per heavy atom. The van der Waals surface area contributed by atoms with E-state index in [9.17, 15) is 18.0 Å². The number of imidazole rings is 1. The molecule has 0 saturated carbocycles. The van der Waals surface area contributed by atoms with Gasteiger partial charge in [-0.3, -0.25) is 9.69 Å². The van der Waals surface area contributed by atoms with Gasteiger partial charge in [0.2, 0.25) is 5.91 Å². The van der Waals surface area contributed by atoms with Gasteiger partial charge in [0.1, 0.15) is 6.04 Å². The van der Waals surface area contributed by atoms with Crippen molar-refractivity contribution in [2.45, 2.75) is 44.6 Å². The Hall–Kier alpha value is -1.57. The van der Waals surface area contributed by atoms with E-state index in [1.54, 1.807) is 24.1 Å². The smallest absolute Gasteiger partial charge is 0.352 e. The van der Waals surface area contributed by atoms with Gasteiger partial charge < -0.3 is 9.88 Å². The lowest BCUT2D eigenvalue weighted by Crippen LogP contribution is -2.55. The number of nitrogens with one attached hydrogen (secondary N) is 1. The number of aromatic nitrogens is 2. The molecule has 1 aliphatic heterocycles. The predicted molar refractivity (Wildman–Crippen MR) is 70.3 cm³/mol. The van der Waals surface area contributed by atoms with Gasteiger partial charge in [-0.1, -0.05) is 0 Å². The first-order chi connectivity index (χ1) is 9.77. The van der Waals surface area contributed by atoms with Gasteiger partial charge >= 0.3 is 6.18 Å². The van der Waals surface area contributed by atoms with E-state index in [0.29, 0.717) is 12.1 Å². The van der Waals surface area contributed by atoms with E-state index in [1.165, 1.54) is 11.8 Å². The van der Waals surface area contributed by atoms with Crippen LogP contribution in [0.1, 0.15) is 25.5 Å². The predicted octanol–water partition coefficient (Wildman–Crippen LogP) is 1.45. The highest BCUT2D eigenvalue weighted by Gasteiger charge is 2.46. The number of carbonyl (C=O) groups excluding carboxylic acids is 1. The van der Waals surface area contributed by atoms with Gasteiger partial charge in [0.05, 0.1) is 12.0 Å². The summed E-state index contributed by atoms with van der Waals surface area (Å²) in [5.74, 6) is -0.217. The number of amides is 1. The number of carbonyl (C=O) groups is 1. The molecular formula is C13H19F3N4O. The number of halogens is 3. The third-order valence-corrected chi connectivity index (χ3v) is 3.75. The summed E-state index contributed by atoms with van der Waals surface area (Å²) in [4.78, 5) is 16.4. The zero-order valence-electron chi connectivity index (χ0n) is 12.0. The molecule has 0 aliphatic carbocycles. The molecule has 1 aliphatic rings. The molecule has 2 rings (SSSR count). The average Bonchev–Trinajstić information content (AvgIpc) is 2.73. The molecule has 2 unspecified atom stereocenters. The van der Waals surface area contributed by atoms with Gasteiger partial charge in [0.15, 0.2) is 0 Å². The number of hydrogen-bond acceptors (Lipinski definition) is 3. The monoisotopic (exact) mass is 304 g/mol. The third-order valence-electron chi connectivity index (χ3n) is 3.75. The van der Waals surface area contributed by atoms with E-state index in [4.69, 9.17) is 0 Å². The molecule has 0 radical (unpaired) electrons. The second-order valence-electron chi connectivity index (χ2n) is 5.46. The molecule has 5 nitrogen and oxygen atoms in total. The highest BCUT2D eigenvalue weighted by Crippen LogP contribution is 2.32. The maximum absolute atomic E-state index is 13.2. The average molecular weight is 304 g/mol. The van der Waals surface area contributed by atoms with Gasteiger partial charge in [-0.05, 0) is 12.8 Å². The molecule has 0 spiro atoms. The third kappa shape index (κ3) is 3.96. The number of hydrogen-bond donors (Lipinski definition) is 1. The molecule has 2 atom stereocenters. The molecule has 0 aromatic carbocycles. The largest absolute Gasteiger partial charge is 0.404 e. The van der Waals surface area contributed by atoms with Crippen molar-refractivity contribution >= 4 is 5.91 Å². The number of alkyl halides is 3. The molecule has 1 aromatic heterocycles. The summed E-state index contributed by atoms with van der Waals surface area (Å²) in [6.07, 6.45) is -0.805.